The van der Waals surface area contributed by atoms with Gasteiger partial charge < -0.3 is 0 Å². The molecule has 0 unspecified atom stereocenters. The molecule has 0 saturated carbocycles. The van der Waals surface area contributed by atoms with E-state index < -0.39 is 0 Å². The summed E-state index contributed by atoms with van der Waals surface area (Å²) in [5, 5.41) is 0. The third kappa shape index (κ3) is 2.18. The van der Waals surface area contributed by atoms with Gasteiger partial charge in [-0.15, -0.1) is 0 Å². The minimum atomic E-state index is -0.185. The van der Waals surface area contributed by atoms with E-state index in [1.54, 1.807) is 23.2 Å². The van der Waals surface area contributed by atoms with Gasteiger partial charge in [0.25, 0.3) is 0 Å². The van der Waals surface area contributed by atoms with Crippen LogP contribution in [0.25, 0.3) is 22.6 Å². The number of aromatic nitrogens is 6. The molecule has 0 amide bonds. The Kier molecular flexibility index (Phi) is 3.02. The fraction of sp³-hybridized carbons (Fsp3) is 0.308. The predicted molar refractivity (Wildman–Crippen MR) is 74.0 cm³/mol. The van der Waals surface area contributed by atoms with Crippen LogP contribution in [0.3, 0.4) is 0 Å². The summed E-state index contributed by atoms with van der Waals surface area (Å²) in [6.45, 7) is 4.70. The van der Waals surface area contributed by atoms with Crippen molar-refractivity contribution in [3.63, 3.8) is 0 Å². The highest BCUT2D eigenvalue weighted by molar-refractivity contribution is 5.70. The van der Waals surface area contributed by atoms with Crippen molar-refractivity contribution in [3.05, 3.63) is 35.4 Å². The van der Waals surface area contributed by atoms with Gasteiger partial charge in [-0.05, 0) is 5.92 Å². The van der Waals surface area contributed by atoms with E-state index in [-0.39, 0.29) is 5.69 Å². The molecular formula is C13H14N6O. The molecule has 0 aromatic carbocycles. The fourth-order valence-corrected chi connectivity index (χ4v) is 2.03. The molecule has 102 valence electrons. The molecule has 3 heterocycles. The summed E-state index contributed by atoms with van der Waals surface area (Å²) in [4.78, 5) is 31.3. The molecule has 7 nitrogen and oxygen atoms in total. The van der Waals surface area contributed by atoms with Crippen LogP contribution in [0.4, 0.5) is 0 Å². The van der Waals surface area contributed by atoms with Crippen LogP contribution in [0, 0.1) is 5.92 Å². The predicted octanol–water partition coefficient (Wildman–Crippen LogP) is 1.23. The average molecular weight is 270 g/mol. The van der Waals surface area contributed by atoms with Gasteiger partial charge in [0.1, 0.15) is 6.33 Å². The number of aromatic amines is 1. The third-order valence-electron chi connectivity index (χ3n) is 2.88. The van der Waals surface area contributed by atoms with Crippen LogP contribution < -0.4 is 5.69 Å². The van der Waals surface area contributed by atoms with Gasteiger partial charge in [0, 0.05) is 24.5 Å². The number of imidazole rings is 1. The van der Waals surface area contributed by atoms with E-state index in [0.717, 1.165) is 5.56 Å². The van der Waals surface area contributed by atoms with E-state index in [0.29, 0.717) is 29.5 Å². The quantitative estimate of drug-likeness (QED) is 0.773. The first-order valence-electron chi connectivity index (χ1n) is 6.36. The maximum absolute atomic E-state index is 11.9. The number of rotatable bonds is 3. The number of H-pyrrole nitrogens is 1. The molecule has 0 aliphatic carbocycles. The van der Waals surface area contributed by atoms with E-state index >= 15 is 0 Å². The Balaban J connectivity index is 2.17. The fourth-order valence-electron chi connectivity index (χ4n) is 2.03. The van der Waals surface area contributed by atoms with Gasteiger partial charge in [-0.3, -0.25) is 9.55 Å². The van der Waals surface area contributed by atoms with Crippen LogP contribution in [0.15, 0.2) is 29.7 Å². The second-order valence-corrected chi connectivity index (χ2v) is 4.99. The first-order chi connectivity index (χ1) is 9.65. The van der Waals surface area contributed by atoms with Crippen LogP contribution in [0.2, 0.25) is 0 Å². The summed E-state index contributed by atoms with van der Waals surface area (Å²) < 4.78 is 1.61. The lowest BCUT2D eigenvalue weighted by Gasteiger charge is -2.06. The van der Waals surface area contributed by atoms with Gasteiger partial charge in [-0.2, -0.15) is 0 Å². The number of hydrogen-bond acceptors (Lipinski definition) is 5. The van der Waals surface area contributed by atoms with Crippen molar-refractivity contribution in [2.45, 2.75) is 20.4 Å². The zero-order valence-corrected chi connectivity index (χ0v) is 11.2. The molecule has 0 saturated heterocycles. The molecule has 0 radical (unpaired) electrons. The Morgan fingerprint density at radius 1 is 1.25 bits per heavy atom. The van der Waals surface area contributed by atoms with Crippen molar-refractivity contribution >= 4 is 11.3 Å². The molecular weight excluding hydrogens is 256 g/mol. The Bertz CT molecular complexity index is 789. The summed E-state index contributed by atoms with van der Waals surface area (Å²) in [6, 6.07) is 0. The highest BCUT2D eigenvalue weighted by Gasteiger charge is 2.12. The lowest BCUT2D eigenvalue weighted by Crippen LogP contribution is -2.19. The van der Waals surface area contributed by atoms with Gasteiger partial charge in [0.2, 0.25) is 0 Å². The molecule has 0 aliphatic rings. The zero-order valence-electron chi connectivity index (χ0n) is 11.2. The molecule has 3 rings (SSSR count). The monoisotopic (exact) mass is 270 g/mol. The molecule has 0 fully saturated rings. The van der Waals surface area contributed by atoms with E-state index in [2.05, 4.69) is 24.9 Å². The number of nitrogens with zero attached hydrogens (tertiary/aromatic N) is 5. The van der Waals surface area contributed by atoms with Gasteiger partial charge in [-0.1, -0.05) is 13.8 Å². The molecule has 0 spiro atoms. The van der Waals surface area contributed by atoms with E-state index in [9.17, 15) is 4.79 Å². The maximum Gasteiger partial charge on any atom is 0.328 e. The van der Waals surface area contributed by atoms with Crippen molar-refractivity contribution in [1.82, 2.24) is 29.5 Å². The first-order valence-corrected chi connectivity index (χ1v) is 6.36. The Hall–Kier alpha value is -2.57. The maximum atomic E-state index is 11.9. The Morgan fingerprint density at radius 2 is 2.00 bits per heavy atom. The largest absolute Gasteiger partial charge is 0.328 e. The number of hydrogen-bond donors (Lipinski definition) is 1. The molecule has 20 heavy (non-hydrogen) atoms. The minimum absolute atomic E-state index is 0.185. The summed E-state index contributed by atoms with van der Waals surface area (Å²) in [7, 11) is 0. The van der Waals surface area contributed by atoms with Crippen molar-refractivity contribution < 1.29 is 0 Å². The third-order valence-corrected chi connectivity index (χ3v) is 2.88. The van der Waals surface area contributed by atoms with Crippen LogP contribution in [0.5, 0.6) is 0 Å². The van der Waals surface area contributed by atoms with E-state index in [4.69, 9.17) is 0 Å². The van der Waals surface area contributed by atoms with Gasteiger partial charge in [-0.25, -0.2) is 24.7 Å². The van der Waals surface area contributed by atoms with Crippen molar-refractivity contribution in [3.8, 4) is 11.3 Å². The lowest BCUT2D eigenvalue weighted by atomic mass is 10.2. The first kappa shape index (κ1) is 12.5. The summed E-state index contributed by atoms with van der Waals surface area (Å²) >= 11 is 0. The smallest absolute Gasteiger partial charge is 0.289 e. The second kappa shape index (κ2) is 4.84. The van der Waals surface area contributed by atoms with E-state index in [1.165, 1.54) is 6.33 Å². The molecule has 3 aromatic heterocycles. The lowest BCUT2D eigenvalue weighted by molar-refractivity contribution is 0.520. The summed E-state index contributed by atoms with van der Waals surface area (Å²) in [5.74, 6) is 0.345. The Labute approximate surface area is 114 Å². The number of nitrogens with one attached hydrogen (secondary N) is 1. The highest BCUT2D eigenvalue weighted by atomic mass is 16.1. The highest BCUT2D eigenvalue weighted by Crippen LogP contribution is 2.16. The molecule has 0 bridgehead atoms. The minimum Gasteiger partial charge on any atom is -0.289 e. The number of fused-ring (bicyclic) bond motifs is 1. The standard InChI is InChI=1S/C13H14N6O/c1-8(2)6-19-12-11(18-13(19)20)16-5-10(17-12)9-3-14-7-15-4-9/h3-5,7-8H,6H2,1-2H3,(H,16,18,20). The molecule has 0 atom stereocenters. The molecule has 1 N–H and O–H groups in total. The molecule has 3 aromatic rings. The van der Waals surface area contributed by atoms with Crippen LogP contribution in [-0.4, -0.2) is 29.5 Å². The van der Waals surface area contributed by atoms with Crippen LogP contribution >= 0.6 is 0 Å². The normalized spacial score (nSPS) is 11.3. The second-order valence-electron chi connectivity index (χ2n) is 4.99. The molecule has 0 aliphatic heterocycles. The topological polar surface area (TPSA) is 89.4 Å². The van der Waals surface area contributed by atoms with Crippen LogP contribution in [-0.2, 0) is 6.54 Å². The van der Waals surface area contributed by atoms with E-state index in [1.807, 2.05) is 13.8 Å². The average Bonchev–Trinajstić information content (AvgIpc) is 2.75. The van der Waals surface area contributed by atoms with Gasteiger partial charge >= 0.3 is 5.69 Å². The Morgan fingerprint density at radius 3 is 2.70 bits per heavy atom. The van der Waals surface area contributed by atoms with Gasteiger partial charge in [0.05, 0.1) is 11.9 Å². The summed E-state index contributed by atoms with van der Waals surface area (Å²) in [5.41, 5.74) is 2.29. The van der Waals surface area contributed by atoms with Crippen LogP contribution in [0.1, 0.15) is 13.8 Å². The van der Waals surface area contributed by atoms with Crippen molar-refractivity contribution in [2.75, 3.05) is 0 Å². The van der Waals surface area contributed by atoms with Crippen molar-refractivity contribution in [2.24, 2.45) is 5.92 Å². The van der Waals surface area contributed by atoms with Crippen molar-refractivity contribution in [1.29, 1.82) is 0 Å². The summed E-state index contributed by atoms with van der Waals surface area (Å²) in [6.07, 6.45) is 6.40. The molecule has 7 heteroatoms. The van der Waals surface area contributed by atoms with Gasteiger partial charge in [0.15, 0.2) is 11.3 Å². The SMILES string of the molecule is CC(C)Cn1c(=O)[nH]c2ncc(-c3cncnc3)nc21. The zero-order chi connectivity index (χ0) is 14.1.